The number of ether oxygens (including phenoxy) is 4. The van der Waals surface area contributed by atoms with Crippen LogP contribution in [0.2, 0.25) is 0 Å². The lowest BCUT2D eigenvalue weighted by atomic mass is 9.88. The van der Waals surface area contributed by atoms with Crippen LogP contribution in [-0.2, 0) is 23.7 Å². The van der Waals surface area contributed by atoms with Crippen molar-refractivity contribution in [2.24, 2.45) is 4.99 Å². The van der Waals surface area contributed by atoms with E-state index in [9.17, 15) is 14.7 Å². The molecule has 11 nitrogen and oxygen atoms in total. The molecule has 2 aromatic rings. The van der Waals surface area contributed by atoms with Gasteiger partial charge in [-0.15, -0.1) is 0 Å². The number of hydrogen-bond donors (Lipinski definition) is 2. The summed E-state index contributed by atoms with van der Waals surface area (Å²) in [6.45, 7) is 7.75. The summed E-state index contributed by atoms with van der Waals surface area (Å²) < 4.78 is 24.4. The molecule has 11 heteroatoms. The van der Waals surface area contributed by atoms with Gasteiger partial charge in [-0.25, -0.2) is 9.78 Å². The molecule has 0 aromatic carbocycles. The molecular weight excluding hydrogens is 480 g/mol. The number of hydrogen-bond acceptors (Lipinski definition) is 9. The molecule has 2 aromatic heterocycles. The summed E-state index contributed by atoms with van der Waals surface area (Å²) in [4.78, 5) is 34.1. The number of pyridine rings is 1. The van der Waals surface area contributed by atoms with Gasteiger partial charge in [0, 0.05) is 56.7 Å². The average molecular weight is 515 g/mol. The van der Waals surface area contributed by atoms with E-state index in [2.05, 4.69) is 10.3 Å². The van der Waals surface area contributed by atoms with Crippen molar-refractivity contribution in [1.29, 1.82) is 0 Å². The average Bonchev–Trinajstić information content (AvgIpc) is 3.47. The third kappa shape index (κ3) is 5.84. The Kier molecular flexibility index (Phi) is 7.67. The summed E-state index contributed by atoms with van der Waals surface area (Å²) in [7, 11) is 1.65. The topological polar surface area (TPSA) is 134 Å². The van der Waals surface area contributed by atoms with Gasteiger partial charge in [-0.1, -0.05) is 0 Å². The highest BCUT2D eigenvalue weighted by atomic mass is 16.6. The summed E-state index contributed by atoms with van der Waals surface area (Å²) in [6, 6.07) is 1.39. The summed E-state index contributed by atoms with van der Waals surface area (Å²) >= 11 is 0. The number of fused-ring (bicyclic) bond motifs is 1. The Balaban J connectivity index is 1.87. The maximum atomic E-state index is 13.1. The standard InChI is InChI=1S/C26H34N4O7/c1-16(32)28-23-12-18-19(14-30(21(18)13-27-23)24(33)37-25(2,3)4)20-10-17(36-9-7-31)11-22(29-20)26(34-5)6-8-35-15-26/h10,12-14,22,31H,6-9,11,15H2,1-5H3,(H,27,28,32)/t22?,26-/m0/s1. The Bertz CT molecular complexity index is 1240. The second-order valence-electron chi connectivity index (χ2n) is 10.1. The van der Waals surface area contributed by atoms with E-state index in [4.69, 9.17) is 23.9 Å². The smallest absolute Gasteiger partial charge is 0.419 e. The number of carbonyl (C=O) groups is 2. The minimum atomic E-state index is -0.705. The van der Waals surface area contributed by atoms with Crippen LogP contribution in [0.1, 0.15) is 46.1 Å². The zero-order valence-corrected chi connectivity index (χ0v) is 21.9. The van der Waals surface area contributed by atoms with E-state index in [1.54, 1.807) is 46.2 Å². The molecule has 200 valence electrons. The molecule has 4 rings (SSSR count). The molecule has 4 heterocycles. The van der Waals surface area contributed by atoms with E-state index in [1.807, 2.05) is 0 Å². The van der Waals surface area contributed by atoms with E-state index in [1.165, 1.54) is 17.7 Å². The highest BCUT2D eigenvalue weighted by molar-refractivity contribution is 6.18. The molecule has 2 atom stereocenters. The van der Waals surface area contributed by atoms with Gasteiger partial charge in [-0.05, 0) is 26.8 Å². The number of rotatable bonds is 7. The van der Waals surface area contributed by atoms with E-state index in [-0.39, 0.29) is 25.2 Å². The number of aliphatic hydroxyl groups excluding tert-OH is 1. The molecule has 1 unspecified atom stereocenters. The Morgan fingerprint density at radius 2 is 2.14 bits per heavy atom. The number of aromatic nitrogens is 2. The van der Waals surface area contributed by atoms with Gasteiger partial charge in [0.05, 0.1) is 36.7 Å². The molecule has 2 aliphatic heterocycles. The van der Waals surface area contributed by atoms with Crippen molar-refractivity contribution in [1.82, 2.24) is 9.55 Å². The van der Waals surface area contributed by atoms with Crippen molar-refractivity contribution in [3.63, 3.8) is 0 Å². The number of aliphatic hydroxyl groups is 1. The van der Waals surface area contributed by atoms with Crippen molar-refractivity contribution >= 4 is 34.4 Å². The van der Waals surface area contributed by atoms with Crippen molar-refractivity contribution in [2.75, 3.05) is 38.9 Å². The summed E-state index contributed by atoms with van der Waals surface area (Å²) in [5.41, 5.74) is 0.373. The molecule has 1 fully saturated rings. The first kappa shape index (κ1) is 26.8. The number of methoxy groups -OCH3 is 1. The van der Waals surface area contributed by atoms with Gasteiger partial charge >= 0.3 is 6.09 Å². The maximum Gasteiger partial charge on any atom is 0.419 e. The first-order valence-corrected chi connectivity index (χ1v) is 12.2. The second kappa shape index (κ2) is 10.6. The Morgan fingerprint density at radius 3 is 2.76 bits per heavy atom. The van der Waals surface area contributed by atoms with Crippen LogP contribution in [0.3, 0.4) is 0 Å². The fraction of sp³-hybridized carbons (Fsp3) is 0.538. The SMILES string of the molecule is CO[C@@]1(C2CC(OCCO)=CC(c3cn(C(=O)OC(C)(C)C)c4cnc(NC(C)=O)cc34)=N2)CCOC1. The van der Waals surface area contributed by atoms with Gasteiger partial charge < -0.3 is 29.4 Å². The van der Waals surface area contributed by atoms with Crippen LogP contribution < -0.4 is 5.32 Å². The minimum absolute atomic E-state index is 0.128. The monoisotopic (exact) mass is 514 g/mol. The highest BCUT2D eigenvalue weighted by Crippen LogP contribution is 2.36. The van der Waals surface area contributed by atoms with Crippen molar-refractivity contribution in [3.8, 4) is 0 Å². The fourth-order valence-corrected chi connectivity index (χ4v) is 4.54. The normalized spacial score (nSPS) is 21.9. The molecule has 1 saturated heterocycles. The van der Waals surface area contributed by atoms with E-state index >= 15 is 0 Å². The van der Waals surface area contributed by atoms with Crippen molar-refractivity contribution < 1.29 is 33.6 Å². The minimum Gasteiger partial charge on any atom is -0.495 e. The van der Waals surface area contributed by atoms with Gasteiger partial charge in [-0.3, -0.25) is 14.4 Å². The first-order chi connectivity index (χ1) is 17.5. The van der Waals surface area contributed by atoms with Crippen LogP contribution >= 0.6 is 0 Å². The lowest BCUT2D eigenvalue weighted by molar-refractivity contribution is -0.114. The summed E-state index contributed by atoms with van der Waals surface area (Å²) in [5.74, 6) is 0.717. The van der Waals surface area contributed by atoms with Gasteiger partial charge in [-0.2, -0.15) is 0 Å². The van der Waals surface area contributed by atoms with Crippen LogP contribution in [-0.4, -0.2) is 83.2 Å². The number of amides is 1. The first-order valence-electron chi connectivity index (χ1n) is 12.2. The number of dihydropyridines is 1. The Labute approximate surface area is 215 Å². The van der Waals surface area contributed by atoms with Crippen molar-refractivity contribution in [3.05, 3.63) is 35.9 Å². The molecule has 0 aliphatic carbocycles. The Hall–Kier alpha value is -3.28. The summed E-state index contributed by atoms with van der Waals surface area (Å²) in [5, 5.41) is 12.7. The molecular formula is C26H34N4O7. The van der Waals surface area contributed by atoms with Crippen LogP contribution in [0.4, 0.5) is 10.6 Å². The third-order valence-electron chi connectivity index (χ3n) is 6.26. The summed E-state index contributed by atoms with van der Waals surface area (Å²) in [6.07, 6.45) is 5.56. The van der Waals surface area contributed by atoms with Gasteiger partial charge in [0.2, 0.25) is 5.91 Å². The van der Waals surface area contributed by atoms with E-state index in [0.29, 0.717) is 59.8 Å². The van der Waals surface area contributed by atoms with Crippen LogP contribution in [0.25, 0.3) is 10.9 Å². The number of nitrogens with one attached hydrogen (secondary N) is 1. The van der Waals surface area contributed by atoms with E-state index in [0.717, 1.165) is 0 Å². The zero-order chi connectivity index (χ0) is 26.8. The third-order valence-corrected chi connectivity index (χ3v) is 6.26. The highest BCUT2D eigenvalue weighted by Gasteiger charge is 2.44. The van der Waals surface area contributed by atoms with Gasteiger partial charge in [0.15, 0.2) is 0 Å². The quantitative estimate of drug-likeness (QED) is 0.576. The second-order valence-corrected chi connectivity index (χ2v) is 10.1. The maximum absolute atomic E-state index is 13.1. The number of anilines is 1. The number of aliphatic imine (C=N–C) groups is 1. The lowest BCUT2D eigenvalue weighted by Crippen LogP contribution is -2.45. The number of allylic oxidation sites excluding steroid dienone is 1. The molecule has 37 heavy (non-hydrogen) atoms. The number of nitrogens with zero attached hydrogens (tertiary/aromatic N) is 3. The predicted octanol–water partition coefficient (Wildman–Crippen LogP) is 3.04. The molecule has 2 aliphatic rings. The van der Waals surface area contributed by atoms with E-state index < -0.39 is 17.3 Å². The van der Waals surface area contributed by atoms with Gasteiger partial charge in [0.1, 0.15) is 29.4 Å². The number of carbonyl (C=O) groups excluding carboxylic acids is 2. The molecule has 0 radical (unpaired) electrons. The predicted molar refractivity (Wildman–Crippen MR) is 137 cm³/mol. The van der Waals surface area contributed by atoms with Crippen LogP contribution in [0.15, 0.2) is 35.3 Å². The largest absolute Gasteiger partial charge is 0.495 e. The van der Waals surface area contributed by atoms with Crippen LogP contribution in [0.5, 0.6) is 0 Å². The molecule has 1 amide bonds. The molecule has 0 saturated carbocycles. The lowest BCUT2D eigenvalue weighted by Gasteiger charge is -2.35. The fourth-order valence-electron chi connectivity index (χ4n) is 4.54. The Morgan fingerprint density at radius 1 is 1.35 bits per heavy atom. The molecule has 0 bridgehead atoms. The molecule has 2 N–H and O–H groups in total. The van der Waals surface area contributed by atoms with Crippen LogP contribution in [0, 0.1) is 0 Å². The van der Waals surface area contributed by atoms with Gasteiger partial charge in [0.25, 0.3) is 0 Å². The van der Waals surface area contributed by atoms with Crippen molar-refractivity contribution in [2.45, 2.75) is 57.8 Å². The molecule has 0 spiro atoms. The zero-order valence-electron chi connectivity index (χ0n) is 21.9.